The molecule has 0 spiro atoms. The van der Waals surface area contributed by atoms with Crippen LogP contribution in [0, 0.1) is 6.92 Å². The van der Waals surface area contributed by atoms with Gasteiger partial charge < -0.3 is 14.5 Å². The maximum absolute atomic E-state index is 13.0. The third-order valence-corrected chi connectivity index (χ3v) is 6.26. The third kappa shape index (κ3) is 4.87. The van der Waals surface area contributed by atoms with Crippen molar-refractivity contribution in [3.05, 3.63) is 50.5 Å². The van der Waals surface area contributed by atoms with Crippen LogP contribution in [-0.4, -0.2) is 63.8 Å². The minimum atomic E-state index is -3.38. The summed E-state index contributed by atoms with van der Waals surface area (Å²) in [7, 11) is 1.08. The highest BCUT2D eigenvalue weighted by atomic mass is 32.2. The average molecular weight is 519 g/mol. The topological polar surface area (TPSA) is 168 Å². The van der Waals surface area contributed by atoms with Gasteiger partial charge in [-0.2, -0.15) is 4.98 Å². The van der Waals surface area contributed by atoms with Gasteiger partial charge >= 0.3 is 5.69 Å². The highest BCUT2D eigenvalue weighted by Gasteiger charge is 2.21. The second-order valence-electron chi connectivity index (χ2n) is 8.18. The maximum Gasteiger partial charge on any atom is 0.332 e. The van der Waals surface area contributed by atoms with Crippen LogP contribution in [0.3, 0.4) is 0 Å². The van der Waals surface area contributed by atoms with E-state index >= 15 is 0 Å². The first-order chi connectivity index (χ1) is 17.0. The maximum atomic E-state index is 13.0. The molecule has 0 saturated heterocycles. The average Bonchev–Trinajstić information content (AvgIpc) is 3.44. The minimum absolute atomic E-state index is 0.0260. The Morgan fingerprint density at radius 3 is 2.56 bits per heavy atom. The lowest BCUT2D eigenvalue weighted by Crippen LogP contribution is -2.37. The Morgan fingerprint density at radius 1 is 1.11 bits per heavy atom. The summed E-state index contributed by atoms with van der Waals surface area (Å²) in [5, 5.41) is 11.2. The first kappa shape index (κ1) is 25.1. The Labute approximate surface area is 205 Å². The van der Waals surface area contributed by atoms with E-state index < -0.39 is 21.3 Å². The standard InChI is InChI=1S/C21H26N8O6S/c1-12-6-7-13(10-14(12)34-4)18-26-25-15(35-18)11-29-16-17(27(2)21(31)28(3)19(16)30)24-20(29)22-8-9-23-36(5,32)33/h6-7,10,23H,8-9,11H2,1-5H3,(H,22,24). The van der Waals surface area contributed by atoms with Gasteiger partial charge in [-0.3, -0.25) is 18.5 Å². The van der Waals surface area contributed by atoms with Crippen LogP contribution in [0.1, 0.15) is 11.5 Å². The van der Waals surface area contributed by atoms with Gasteiger partial charge in [0.1, 0.15) is 12.3 Å². The zero-order chi connectivity index (χ0) is 26.2. The van der Waals surface area contributed by atoms with Gasteiger partial charge in [-0.25, -0.2) is 17.9 Å². The van der Waals surface area contributed by atoms with Gasteiger partial charge in [0.2, 0.25) is 27.8 Å². The number of aromatic nitrogens is 6. The van der Waals surface area contributed by atoms with Crippen molar-refractivity contribution in [1.82, 2.24) is 33.6 Å². The summed E-state index contributed by atoms with van der Waals surface area (Å²) in [6.45, 7) is 2.14. The molecule has 0 aliphatic carbocycles. The summed E-state index contributed by atoms with van der Waals surface area (Å²) in [6.07, 6.45) is 1.05. The molecular weight excluding hydrogens is 492 g/mol. The summed E-state index contributed by atoms with van der Waals surface area (Å²) in [5.41, 5.74) is 0.838. The molecule has 0 fully saturated rings. The Bertz CT molecular complexity index is 1660. The lowest BCUT2D eigenvalue weighted by Gasteiger charge is -2.09. The number of rotatable bonds is 9. The van der Waals surface area contributed by atoms with Gasteiger partial charge in [0.05, 0.1) is 13.4 Å². The van der Waals surface area contributed by atoms with E-state index in [1.807, 2.05) is 19.1 Å². The highest BCUT2D eigenvalue weighted by molar-refractivity contribution is 7.88. The van der Waals surface area contributed by atoms with Gasteiger partial charge in [0, 0.05) is 32.7 Å². The molecule has 0 aliphatic heterocycles. The van der Waals surface area contributed by atoms with Gasteiger partial charge in [0.25, 0.3) is 5.56 Å². The van der Waals surface area contributed by atoms with E-state index in [1.165, 1.54) is 23.2 Å². The van der Waals surface area contributed by atoms with Crippen molar-refractivity contribution in [2.45, 2.75) is 13.5 Å². The molecule has 4 aromatic rings. The van der Waals surface area contributed by atoms with Crippen LogP contribution in [0.5, 0.6) is 5.75 Å². The Balaban J connectivity index is 1.73. The minimum Gasteiger partial charge on any atom is -0.496 e. The van der Waals surface area contributed by atoms with Crippen LogP contribution in [-0.2, 0) is 30.7 Å². The van der Waals surface area contributed by atoms with Gasteiger partial charge in [-0.1, -0.05) is 6.07 Å². The molecule has 0 bridgehead atoms. The van der Waals surface area contributed by atoms with Gasteiger partial charge in [-0.15, -0.1) is 10.2 Å². The molecule has 0 saturated carbocycles. The lowest BCUT2D eigenvalue weighted by molar-refractivity contribution is 0.411. The lowest BCUT2D eigenvalue weighted by atomic mass is 10.1. The molecule has 1 aromatic carbocycles. The molecule has 3 aromatic heterocycles. The predicted molar refractivity (Wildman–Crippen MR) is 132 cm³/mol. The number of methoxy groups -OCH3 is 1. The van der Waals surface area contributed by atoms with Crippen LogP contribution in [0.2, 0.25) is 0 Å². The number of aryl methyl sites for hydroxylation is 2. The predicted octanol–water partition coefficient (Wildman–Crippen LogP) is -0.190. The Kier molecular flexibility index (Phi) is 6.69. The summed E-state index contributed by atoms with van der Waals surface area (Å²) in [4.78, 5) is 29.8. The largest absolute Gasteiger partial charge is 0.496 e. The number of imidazole rings is 1. The highest BCUT2D eigenvalue weighted by Crippen LogP contribution is 2.26. The second-order valence-corrected chi connectivity index (χ2v) is 10.0. The number of nitrogens with one attached hydrogen (secondary N) is 2. The number of benzene rings is 1. The van der Waals surface area contributed by atoms with E-state index in [-0.39, 0.29) is 48.5 Å². The molecule has 3 heterocycles. The SMILES string of the molecule is COc1cc(-c2nnc(Cn3c(NCCNS(C)(=O)=O)nc4c3c(=O)n(C)c(=O)n4C)o2)ccc1C. The van der Waals surface area contributed by atoms with Crippen molar-refractivity contribution in [2.75, 3.05) is 31.8 Å². The van der Waals surface area contributed by atoms with Crippen LogP contribution in [0.4, 0.5) is 5.95 Å². The molecule has 0 aliphatic rings. The summed E-state index contributed by atoms with van der Waals surface area (Å²) in [6, 6.07) is 5.49. The fourth-order valence-electron chi connectivity index (χ4n) is 3.67. The fraction of sp³-hybridized carbons (Fsp3) is 0.381. The van der Waals surface area contributed by atoms with Gasteiger partial charge in [0.15, 0.2) is 11.2 Å². The van der Waals surface area contributed by atoms with Crippen molar-refractivity contribution < 1.29 is 17.6 Å². The smallest absolute Gasteiger partial charge is 0.332 e. The zero-order valence-electron chi connectivity index (χ0n) is 20.4. The summed E-state index contributed by atoms with van der Waals surface area (Å²) in [5.74, 6) is 1.36. The number of hydrogen-bond acceptors (Lipinski definition) is 10. The van der Waals surface area contributed by atoms with Crippen LogP contribution in [0.15, 0.2) is 32.2 Å². The van der Waals surface area contributed by atoms with Crippen molar-refractivity contribution in [1.29, 1.82) is 0 Å². The third-order valence-electron chi connectivity index (χ3n) is 5.54. The van der Waals surface area contributed by atoms with E-state index in [0.29, 0.717) is 11.3 Å². The van der Waals surface area contributed by atoms with E-state index in [1.54, 1.807) is 13.2 Å². The molecule has 2 N–H and O–H groups in total. The first-order valence-corrected chi connectivity index (χ1v) is 12.7. The number of nitrogens with zero attached hydrogens (tertiary/aromatic N) is 6. The fourth-order valence-corrected chi connectivity index (χ4v) is 4.14. The first-order valence-electron chi connectivity index (χ1n) is 10.8. The molecule has 14 nitrogen and oxygen atoms in total. The van der Waals surface area contributed by atoms with E-state index in [0.717, 1.165) is 16.4 Å². The van der Waals surface area contributed by atoms with Crippen molar-refractivity contribution in [3.63, 3.8) is 0 Å². The molecule has 36 heavy (non-hydrogen) atoms. The van der Waals surface area contributed by atoms with Crippen molar-refractivity contribution in [3.8, 4) is 17.2 Å². The van der Waals surface area contributed by atoms with Crippen molar-refractivity contribution in [2.24, 2.45) is 14.1 Å². The zero-order valence-corrected chi connectivity index (χ0v) is 21.2. The quantitative estimate of drug-likeness (QED) is 0.283. The van der Waals surface area contributed by atoms with E-state index in [9.17, 15) is 18.0 Å². The number of fused-ring (bicyclic) bond motifs is 1. The normalized spacial score (nSPS) is 11.8. The number of anilines is 1. The number of hydrogen-bond donors (Lipinski definition) is 2. The second kappa shape index (κ2) is 9.58. The van der Waals surface area contributed by atoms with Crippen molar-refractivity contribution >= 4 is 27.1 Å². The van der Waals surface area contributed by atoms with E-state index in [2.05, 4.69) is 25.2 Å². The Hall–Kier alpha value is -3.98. The number of sulfonamides is 1. The molecule has 0 unspecified atom stereocenters. The van der Waals surface area contributed by atoms with E-state index in [4.69, 9.17) is 9.15 Å². The Morgan fingerprint density at radius 2 is 1.86 bits per heavy atom. The molecule has 4 rings (SSSR count). The van der Waals surface area contributed by atoms with Crippen LogP contribution < -0.4 is 26.0 Å². The van der Waals surface area contributed by atoms with Crippen LogP contribution in [0.25, 0.3) is 22.6 Å². The molecular formula is C21H26N8O6S. The molecule has 0 amide bonds. The summed E-state index contributed by atoms with van der Waals surface area (Å²) >= 11 is 0. The molecule has 0 atom stereocenters. The van der Waals surface area contributed by atoms with Crippen LogP contribution >= 0.6 is 0 Å². The monoisotopic (exact) mass is 518 g/mol. The molecule has 15 heteroatoms. The molecule has 192 valence electrons. The summed E-state index contributed by atoms with van der Waals surface area (Å²) < 4.78 is 40.1. The van der Waals surface area contributed by atoms with Gasteiger partial charge in [-0.05, 0) is 24.6 Å². The molecule has 0 radical (unpaired) electrons. The number of ether oxygens (including phenoxy) is 1.